The van der Waals surface area contributed by atoms with Crippen molar-refractivity contribution in [3.8, 4) is 11.5 Å². The summed E-state index contributed by atoms with van der Waals surface area (Å²) >= 11 is 6.24. The number of hydrogen-bond acceptors (Lipinski definition) is 5. The summed E-state index contributed by atoms with van der Waals surface area (Å²) in [6, 6.07) is 15.6. The van der Waals surface area contributed by atoms with Gasteiger partial charge in [0.1, 0.15) is 13.2 Å². The Balaban J connectivity index is 1.24. The highest BCUT2D eigenvalue weighted by Gasteiger charge is 2.29. The Kier molecular flexibility index (Phi) is 6.59. The fourth-order valence-electron chi connectivity index (χ4n) is 4.55. The van der Waals surface area contributed by atoms with Crippen molar-refractivity contribution in [2.75, 3.05) is 26.3 Å². The van der Waals surface area contributed by atoms with E-state index in [1.807, 2.05) is 18.2 Å². The van der Waals surface area contributed by atoms with E-state index in [0.29, 0.717) is 66.8 Å². The molecular weight excluding hydrogens is 468 g/mol. The molecule has 35 heavy (non-hydrogen) atoms. The monoisotopic (exact) mass is 492 g/mol. The van der Waals surface area contributed by atoms with Crippen LogP contribution < -0.4 is 15.0 Å². The molecule has 1 fully saturated rings. The zero-order valence-corrected chi connectivity index (χ0v) is 19.9. The lowest BCUT2D eigenvalue weighted by molar-refractivity contribution is 0.0649. The normalized spacial score (nSPS) is 15.6. The van der Waals surface area contributed by atoms with Crippen molar-refractivity contribution in [3.63, 3.8) is 0 Å². The number of benzene rings is 2. The van der Waals surface area contributed by atoms with Crippen LogP contribution in [0.25, 0.3) is 0 Å². The third-order valence-electron chi connectivity index (χ3n) is 6.51. The van der Waals surface area contributed by atoms with Gasteiger partial charge in [-0.15, -0.1) is 0 Å². The van der Waals surface area contributed by atoms with Crippen molar-refractivity contribution >= 4 is 23.3 Å². The molecular formula is C27H25ClN2O5. The summed E-state index contributed by atoms with van der Waals surface area (Å²) in [5.41, 5.74) is 1.64. The predicted molar refractivity (Wildman–Crippen MR) is 132 cm³/mol. The second kappa shape index (κ2) is 9.96. The van der Waals surface area contributed by atoms with Crippen molar-refractivity contribution in [1.29, 1.82) is 0 Å². The average molecular weight is 493 g/mol. The van der Waals surface area contributed by atoms with Crippen molar-refractivity contribution in [3.05, 3.63) is 92.9 Å². The van der Waals surface area contributed by atoms with Gasteiger partial charge in [0.15, 0.2) is 17.3 Å². The summed E-state index contributed by atoms with van der Waals surface area (Å²) in [7, 11) is 0. The largest absolute Gasteiger partial charge is 0.486 e. The maximum atomic E-state index is 13.2. The van der Waals surface area contributed by atoms with Crippen molar-refractivity contribution in [2.45, 2.75) is 19.4 Å². The smallest absolute Gasteiger partial charge is 0.255 e. The molecule has 2 aromatic carbocycles. The Bertz CT molecular complexity index is 1330. The van der Waals surface area contributed by atoms with Gasteiger partial charge >= 0.3 is 0 Å². The molecule has 2 aliphatic heterocycles. The van der Waals surface area contributed by atoms with E-state index in [2.05, 4.69) is 0 Å². The molecule has 2 aliphatic rings. The second-order valence-electron chi connectivity index (χ2n) is 8.76. The molecule has 8 heteroatoms. The average Bonchev–Trinajstić information content (AvgIpc) is 2.90. The number of rotatable bonds is 5. The van der Waals surface area contributed by atoms with Gasteiger partial charge in [-0.25, -0.2) is 0 Å². The van der Waals surface area contributed by atoms with Crippen molar-refractivity contribution < 1.29 is 19.1 Å². The zero-order chi connectivity index (χ0) is 24.4. The van der Waals surface area contributed by atoms with Gasteiger partial charge in [-0.1, -0.05) is 29.8 Å². The minimum absolute atomic E-state index is 0.0577. The van der Waals surface area contributed by atoms with Gasteiger partial charge in [0.05, 0.1) is 12.1 Å². The number of pyridine rings is 1. The molecule has 3 heterocycles. The Morgan fingerprint density at radius 1 is 0.914 bits per heavy atom. The van der Waals surface area contributed by atoms with E-state index in [1.165, 1.54) is 10.6 Å². The third-order valence-corrected chi connectivity index (χ3v) is 6.88. The summed E-state index contributed by atoms with van der Waals surface area (Å²) in [4.78, 5) is 40.3. The summed E-state index contributed by atoms with van der Waals surface area (Å²) in [5, 5.41) is 0.570. The SMILES string of the molecule is O=C(c1ccc2c(c1)OCCO2)C1CCN(C(=O)c2ccc(=O)n(Cc3ccccc3Cl)c2)CC1. The maximum absolute atomic E-state index is 13.2. The van der Waals surface area contributed by atoms with Gasteiger partial charge in [-0.2, -0.15) is 0 Å². The van der Waals surface area contributed by atoms with Crippen LogP contribution in [0.4, 0.5) is 0 Å². The number of hydrogen-bond donors (Lipinski definition) is 0. The van der Waals surface area contributed by atoms with Crippen molar-refractivity contribution in [1.82, 2.24) is 9.47 Å². The first-order chi connectivity index (χ1) is 17.0. The lowest BCUT2D eigenvalue weighted by Gasteiger charge is -2.31. The van der Waals surface area contributed by atoms with Gasteiger partial charge in [0.25, 0.3) is 11.5 Å². The molecule has 0 aliphatic carbocycles. The van der Waals surface area contributed by atoms with Crippen LogP contribution in [0.5, 0.6) is 11.5 Å². The fraction of sp³-hybridized carbons (Fsp3) is 0.296. The Labute approximate surface area is 207 Å². The number of Topliss-reactive ketones (excluding diaryl/α,β-unsaturated/α-hetero) is 1. The molecule has 0 unspecified atom stereocenters. The first kappa shape index (κ1) is 23.2. The molecule has 3 aromatic rings. The summed E-state index contributed by atoms with van der Waals surface area (Å²) < 4.78 is 12.6. The number of fused-ring (bicyclic) bond motifs is 1. The van der Waals surface area contributed by atoms with E-state index in [4.69, 9.17) is 21.1 Å². The van der Waals surface area contributed by atoms with Crippen LogP contribution in [-0.2, 0) is 6.54 Å². The molecule has 1 amide bonds. The molecule has 0 saturated carbocycles. The molecule has 0 bridgehead atoms. The quantitative estimate of drug-likeness (QED) is 0.502. The number of nitrogens with zero attached hydrogens (tertiary/aromatic N) is 2. The fourth-order valence-corrected chi connectivity index (χ4v) is 4.75. The lowest BCUT2D eigenvalue weighted by atomic mass is 9.88. The molecule has 1 aromatic heterocycles. The summed E-state index contributed by atoms with van der Waals surface area (Å²) in [5.74, 6) is 1.01. The number of aromatic nitrogens is 1. The van der Waals surface area contributed by atoms with E-state index >= 15 is 0 Å². The van der Waals surface area contributed by atoms with Crippen LogP contribution in [0.3, 0.4) is 0 Å². The predicted octanol–water partition coefficient (Wildman–Crippen LogP) is 4.06. The van der Waals surface area contributed by atoms with Crippen LogP contribution in [0, 0.1) is 5.92 Å². The highest BCUT2D eigenvalue weighted by atomic mass is 35.5. The number of carbonyl (C=O) groups excluding carboxylic acids is 2. The molecule has 1 saturated heterocycles. The number of carbonyl (C=O) groups is 2. The van der Waals surface area contributed by atoms with Gasteiger partial charge in [-0.3, -0.25) is 14.4 Å². The minimum atomic E-state index is -0.204. The molecule has 5 rings (SSSR count). The Morgan fingerprint density at radius 3 is 2.40 bits per heavy atom. The van der Waals surface area contributed by atoms with E-state index < -0.39 is 0 Å². The molecule has 0 radical (unpaired) electrons. The van der Waals surface area contributed by atoms with E-state index in [9.17, 15) is 14.4 Å². The van der Waals surface area contributed by atoms with Gasteiger partial charge in [0.2, 0.25) is 0 Å². The van der Waals surface area contributed by atoms with Crippen LogP contribution in [0.15, 0.2) is 65.6 Å². The number of amides is 1. The topological polar surface area (TPSA) is 77.8 Å². The second-order valence-corrected chi connectivity index (χ2v) is 9.17. The van der Waals surface area contributed by atoms with Gasteiger partial charge in [-0.05, 0) is 48.7 Å². The van der Waals surface area contributed by atoms with E-state index in [0.717, 1.165) is 5.56 Å². The minimum Gasteiger partial charge on any atom is -0.486 e. The number of likely N-dealkylation sites (tertiary alicyclic amines) is 1. The standard InChI is InChI=1S/C27H25ClN2O5/c28-22-4-2-1-3-20(22)16-30-17-21(6-8-25(30)31)27(33)29-11-9-18(10-12-29)26(32)19-5-7-23-24(15-19)35-14-13-34-23/h1-8,15,17-18H,9-14,16H2. The molecule has 0 spiro atoms. The molecule has 180 valence electrons. The van der Waals surface area contributed by atoms with E-state index in [1.54, 1.807) is 41.4 Å². The summed E-state index contributed by atoms with van der Waals surface area (Å²) in [6.45, 7) is 2.21. The molecule has 7 nitrogen and oxygen atoms in total. The van der Waals surface area contributed by atoms with Crippen LogP contribution in [0.1, 0.15) is 39.1 Å². The Hall–Kier alpha value is -3.58. The highest BCUT2D eigenvalue weighted by molar-refractivity contribution is 6.31. The van der Waals surface area contributed by atoms with E-state index in [-0.39, 0.29) is 29.7 Å². The number of halogens is 1. The number of ketones is 1. The summed E-state index contributed by atoms with van der Waals surface area (Å²) in [6.07, 6.45) is 2.75. The van der Waals surface area contributed by atoms with Gasteiger partial charge in [0, 0.05) is 41.9 Å². The molecule has 0 N–H and O–H groups in total. The maximum Gasteiger partial charge on any atom is 0.255 e. The van der Waals surface area contributed by atoms with Crippen molar-refractivity contribution in [2.24, 2.45) is 5.92 Å². The third kappa shape index (κ3) is 4.95. The molecule has 0 atom stereocenters. The van der Waals surface area contributed by atoms with Gasteiger partial charge < -0.3 is 18.9 Å². The zero-order valence-electron chi connectivity index (χ0n) is 19.1. The number of ether oxygens (including phenoxy) is 2. The Morgan fingerprint density at radius 2 is 1.63 bits per heavy atom. The van der Waals surface area contributed by atoms with Crippen LogP contribution in [-0.4, -0.2) is 47.5 Å². The first-order valence-electron chi connectivity index (χ1n) is 11.7. The first-order valence-corrected chi connectivity index (χ1v) is 12.0. The lowest BCUT2D eigenvalue weighted by Crippen LogP contribution is -2.40. The van der Waals surface area contributed by atoms with Crippen LogP contribution >= 0.6 is 11.6 Å². The highest BCUT2D eigenvalue weighted by Crippen LogP contribution is 2.32. The van der Waals surface area contributed by atoms with Crippen LogP contribution in [0.2, 0.25) is 5.02 Å². The number of piperidine rings is 1.